The first-order valence-electron chi connectivity index (χ1n) is 7.18. The minimum atomic E-state index is -0.125. The number of nitrogens with one attached hydrogen (secondary N) is 2. The third kappa shape index (κ3) is 3.00. The molecule has 2 N–H and O–H groups in total. The van der Waals surface area contributed by atoms with Gasteiger partial charge in [0.1, 0.15) is 5.69 Å². The number of fused-ring (bicyclic) bond motifs is 1. The zero-order valence-electron chi connectivity index (χ0n) is 12.5. The van der Waals surface area contributed by atoms with Crippen molar-refractivity contribution < 1.29 is 4.79 Å². The highest BCUT2D eigenvalue weighted by Gasteiger charge is 2.13. The summed E-state index contributed by atoms with van der Waals surface area (Å²) in [6, 6.07) is 15.4. The first kappa shape index (κ1) is 14.7. The van der Waals surface area contributed by atoms with Gasteiger partial charge in [0.15, 0.2) is 0 Å². The number of aromatic amines is 1. The lowest BCUT2D eigenvalue weighted by molar-refractivity contribution is 0.0935. The van der Waals surface area contributed by atoms with E-state index >= 15 is 0 Å². The summed E-state index contributed by atoms with van der Waals surface area (Å²) in [5.41, 5.74) is 3.72. The van der Waals surface area contributed by atoms with Gasteiger partial charge < -0.3 is 10.3 Å². The van der Waals surface area contributed by atoms with Gasteiger partial charge in [-0.3, -0.25) is 4.79 Å². The molecule has 1 amide bonds. The molecule has 1 aromatic heterocycles. The standard InChI is InChI=1S/C18H17ClN2O/c1-11-3-5-13(6-4-11)12(2)20-18(22)17-10-14-9-15(19)7-8-16(14)21-17/h3-10,12,21H,1-2H3,(H,20,22)/t12-/m1/s1. The number of rotatable bonds is 3. The average Bonchev–Trinajstić information content (AvgIpc) is 2.91. The van der Waals surface area contributed by atoms with E-state index < -0.39 is 0 Å². The monoisotopic (exact) mass is 312 g/mol. The highest BCUT2D eigenvalue weighted by molar-refractivity contribution is 6.31. The number of H-pyrrole nitrogens is 1. The molecule has 1 heterocycles. The molecule has 0 fully saturated rings. The highest BCUT2D eigenvalue weighted by Crippen LogP contribution is 2.21. The third-order valence-electron chi connectivity index (χ3n) is 3.75. The maximum absolute atomic E-state index is 12.4. The molecule has 0 aliphatic heterocycles. The first-order chi connectivity index (χ1) is 10.5. The van der Waals surface area contributed by atoms with Gasteiger partial charge in [0.25, 0.3) is 5.91 Å². The zero-order chi connectivity index (χ0) is 15.7. The van der Waals surface area contributed by atoms with Crippen LogP contribution in [0.15, 0.2) is 48.5 Å². The van der Waals surface area contributed by atoms with Crippen molar-refractivity contribution >= 4 is 28.4 Å². The number of hydrogen-bond acceptors (Lipinski definition) is 1. The molecule has 4 heteroatoms. The summed E-state index contributed by atoms with van der Waals surface area (Å²) in [7, 11) is 0. The molecule has 0 unspecified atom stereocenters. The van der Waals surface area contributed by atoms with Gasteiger partial charge in [0.05, 0.1) is 6.04 Å². The van der Waals surface area contributed by atoms with Gasteiger partial charge in [0.2, 0.25) is 0 Å². The van der Waals surface area contributed by atoms with Crippen molar-refractivity contribution in [2.24, 2.45) is 0 Å². The Bertz CT molecular complexity index is 821. The minimum Gasteiger partial charge on any atom is -0.351 e. The van der Waals surface area contributed by atoms with Gasteiger partial charge in [0, 0.05) is 15.9 Å². The average molecular weight is 313 g/mol. The number of hydrogen-bond donors (Lipinski definition) is 2. The summed E-state index contributed by atoms with van der Waals surface area (Å²) in [6.07, 6.45) is 0. The Morgan fingerprint density at radius 2 is 1.86 bits per heavy atom. The van der Waals surface area contributed by atoms with E-state index in [4.69, 9.17) is 11.6 Å². The van der Waals surface area contributed by atoms with Crippen molar-refractivity contribution in [1.29, 1.82) is 0 Å². The third-order valence-corrected chi connectivity index (χ3v) is 3.99. The van der Waals surface area contributed by atoms with E-state index in [1.54, 1.807) is 6.07 Å². The molecule has 22 heavy (non-hydrogen) atoms. The molecule has 3 nitrogen and oxygen atoms in total. The highest BCUT2D eigenvalue weighted by atomic mass is 35.5. The molecule has 0 aliphatic carbocycles. The molecule has 0 bridgehead atoms. The fourth-order valence-corrected chi connectivity index (χ4v) is 2.62. The summed E-state index contributed by atoms with van der Waals surface area (Å²) in [5.74, 6) is -0.125. The first-order valence-corrected chi connectivity index (χ1v) is 7.56. The lowest BCUT2D eigenvalue weighted by atomic mass is 10.1. The second-order valence-electron chi connectivity index (χ2n) is 5.52. The number of benzene rings is 2. The Labute approximate surface area is 134 Å². The molecule has 3 rings (SSSR count). The molecule has 112 valence electrons. The largest absolute Gasteiger partial charge is 0.351 e. The van der Waals surface area contributed by atoms with E-state index in [-0.39, 0.29) is 11.9 Å². The SMILES string of the molecule is Cc1ccc([C@@H](C)NC(=O)c2cc3cc(Cl)ccc3[nH]2)cc1. The fraction of sp³-hybridized carbons (Fsp3) is 0.167. The molecular formula is C18H17ClN2O. The van der Waals surface area contributed by atoms with E-state index in [1.165, 1.54) is 5.56 Å². The maximum Gasteiger partial charge on any atom is 0.268 e. The Kier molecular flexibility index (Phi) is 3.90. The Hall–Kier alpha value is -2.26. The molecule has 0 saturated carbocycles. The van der Waals surface area contributed by atoms with Crippen molar-refractivity contribution in [3.63, 3.8) is 0 Å². The van der Waals surface area contributed by atoms with Crippen molar-refractivity contribution in [3.05, 3.63) is 70.4 Å². The zero-order valence-corrected chi connectivity index (χ0v) is 13.2. The van der Waals surface area contributed by atoms with Gasteiger partial charge in [-0.15, -0.1) is 0 Å². The second kappa shape index (κ2) is 5.85. The topological polar surface area (TPSA) is 44.9 Å². The van der Waals surface area contributed by atoms with Gasteiger partial charge in [-0.2, -0.15) is 0 Å². The number of halogens is 1. The summed E-state index contributed by atoms with van der Waals surface area (Å²) in [6.45, 7) is 4.02. The molecule has 0 aliphatic rings. The van der Waals surface area contributed by atoms with Crippen LogP contribution in [0.1, 0.15) is 34.6 Å². The quantitative estimate of drug-likeness (QED) is 0.728. The van der Waals surface area contributed by atoms with E-state index in [1.807, 2.05) is 56.3 Å². The predicted octanol–water partition coefficient (Wildman–Crippen LogP) is 4.62. The lowest BCUT2D eigenvalue weighted by Gasteiger charge is -2.14. The van der Waals surface area contributed by atoms with Crippen LogP contribution in [0.2, 0.25) is 5.02 Å². The van der Waals surface area contributed by atoms with E-state index in [0.29, 0.717) is 10.7 Å². The van der Waals surface area contributed by atoms with Crippen LogP contribution in [0.25, 0.3) is 10.9 Å². The molecule has 3 aromatic rings. The Morgan fingerprint density at radius 3 is 2.59 bits per heavy atom. The van der Waals surface area contributed by atoms with Crippen molar-refractivity contribution in [3.8, 4) is 0 Å². The normalized spacial score (nSPS) is 12.3. The molecule has 0 saturated heterocycles. The van der Waals surface area contributed by atoms with Gasteiger partial charge in [-0.1, -0.05) is 41.4 Å². The number of carbonyl (C=O) groups excluding carboxylic acids is 1. The number of carbonyl (C=O) groups is 1. The summed E-state index contributed by atoms with van der Waals surface area (Å²) in [5, 5.41) is 4.59. The maximum atomic E-state index is 12.4. The number of amides is 1. The number of aromatic nitrogens is 1. The van der Waals surface area contributed by atoms with Gasteiger partial charge >= 0.3 is 0 Å². The summed E-state index contributed by atoms with van der Waals surface area (Å²) >= 11 is 5.97. The van der Waals surface area contributed by atoms with Crippen molar-refractivity contribution in [2.75, 3.05) is 0 Å². The van der Waals surface area contributed by atoms with Crippen LogP contribution in [-0.2, 0) is 0 Å². The van der Waals surface area contributed by atoms with Crippen LogP contribution in [0, 0.1) is 6.92 Å². The number of aryl methyl sites for hydroxylation is 1. The summed E-state index contributed by atoms with van der Waals surface area (Å²) in [4.78, 5) is 15.5. The summed E-state index contributed by atoms with van der Waals surface area (Å²) < 4.78 is 0. The van der Waals surface area contributed by atoms with Crippen LogP contribution in [0.5, 0.6) is 0 Å². The molecule has 1 atom stereocenters. The fourth-order valence-electron chi connectivity index (χ4n) is 2.44. The van der Waals surface area contributed by atoms with Crippen molar-refractivity contribution in [2.45, 2.75) is 19.9 Å². The van der Waals surface area contributed by atoms with Crippen LogP contribution >= 0.6 is 11.6 Å². The van der Waals surface area contributed by atoms with Crippen LogP contribution in [0.4, 0.5) is 0 Å². The van der Waals surface area contributed by atoms with Crippen LogP contribution in [0.3, 0.4) is 0 Å². The smallest absolute Gasteiger partial charge is 0.268 e. The minimum absolute atomic E-state index is 0.0527. The van der Waals surface area contributed by atoms with Gasteiger partial charge in [-0.05, 0) is 43.7 Å². The Morgan fingerprint density at radius 1 is 1.14 bits per heavy atom. The molecule has 2 aromatic carbocycles. The van der Waals surface area contributed by atoms with E-state index in [0.717, 1.165) is 16.5 Å². The molecule has 0 spiro atoms. The molecular weight excluding hydrogens is 296 g/mol. The van der Waals surface area contributed by atoms with E-state index in [2.05, 4.69) is 10.3 Å². The predicted molar refractivity (Wildman–Crippen MR) is 90.4 cm³/mol. The Balaban J connectivity index is 1.79. The van der Waals surface area contributed by atoms with E-state index in [9.17, 15) is 4.79 Å². The molecule has 0 radical (unpaired) electrons. The van der Waals surface area contributed by atoms with Gasteiger partial charge in [-0.25, -0.2) is 0 Å². The van der Waals surface area contributed by atoms with Crippen LogP contribution in [-0.4, -0.2) is 10.9 Å². The van der Waals surface area contributed by atoms with Crippen LogP contribution < -0.4 is 5.32 Å². The second-order valence-corrected chi connectivity index (χ2v) is 5.96. The van der Waals surface area contributed by atoms with Crippen molar-refractivity contribution in [1.82, 2.24) is 10.3 Å². The lowest BCUT2D eigenvalue weighted by Crippen LogP contribution is -2.26.